The van der Waals surface area contributed by atoms with Crippen LogP contribution in [0.1, 0.15) is 0 Å². The summed E-state index contributed by atoms with van der Waals surface area (Å²) in [7, 11) is 0. The molecule has 0 aromatic heterocycles. The number of amides is 3. The lowest BCUT2D eigenvalue weighted by atomic mass is 10.3. The smallest absolute Gasteiger partial charge is 0.324 e. The van der Waals surface area contributed by atoms with Crippen molar-refractivity contribution >= 4 is 23.3 Å². The Labute approximate surface area is 137 Å². The van der Waals surface area contributed by atoms with Crippen molar-refractivity contribution in [2.75, 3.05) is 29.9 Å². The standard InChI is InChI=1S/C17H15F2N3O2/c18-12-4-3-5-13(10-12)20-16(23)11-21-8-9-22(17(21)24)15-7-2-1-6-14(15)19/h1-7,10H,8-9,11H2,(H,20,23). The highest BCUT2D eigenvalue weighted by Crippen LogP contribution is 2.23. The van der Waals surface area contributed by atoms with Crippen LogP contribution < -0.4 is 10.2 Å². The van der Waals surface area contributed by atoms with Gasteiger partial charge < -0.3 is 10.2 Å². The third-order valence-electron chi connectivity index (χ3n) is 3.68. The highest BCUT2D eigenvalue weighted by Gasteiger charge is 2.32. The molecule has 7 heteroatoms. The number of hydrogen-bond acceptors (Lipinski definition) is 2. The number of rotatable bonds is 4. The summed E-state index contributed by atoms with van der Waals surface area (Å²) < 4.78 is 26.9. The number of benzene rings is 2. The molecule has 0 unspecified atom stereocenters. The Kier molecular flexibility index (Phi) is 4.41. The van der Waals surface area contributed by atoms with Crippen molar-refractivity contribution < 1.29 is 18.4 Å². The lowest BCUT2D eigenvalue weighted by Crippen LogP contribution is -2.37. The van der Waals surface area contributed by atoms with E-state index in [1.165, 1.54) is 40.1 Å². The van der Waals surface area contributed by atoms with Gasteiger partial charge in [-0.05, 0) is 30.3 Å². The zero-order valence-electron chi connectivity index (χ0n) is 12.7. The van der Waals surface area contributed by atoms with E-state index >= 15 is 0 Å². The maximum atomic E-state index is 13.8. The highest BCUT2D eigenvalue weighted by atomic mass is 19.1. The van der Waals surface area contributed by atoms with E-state index in [0.29, 0.717) is 18.8 Å². The van der Waals surface area contributed by atoms with Crippen LogP contribution in [-0.4, -0.2) is 36.5 Å². The van der Waals surface area contributed by atoms with E-state index in [-0.39, 0.29) is 12.2 Å². The Balaban J connectivity index is 1.63. The van der Waals surface area contributed by atoms with Gasteiger partial charge >= 0.3 is 6.03 Å². The first-order valence-electron chi connectivity index (χ1n) is 7.41. The maximum absolute atomic E-state index is 13.8. The van der Waals surface area contributed by atoms with E-state index in [9.17, 15) is 18.4 Å². The molecule has 1 aliphatic heterocycles. The summed E-state index contributed by atoms with van der Waals surface area (Å²) >= 11 is 0. The van der Waals surface area contributed by atoms with E-state index in [4.69, 9.17) is 0 Å². The minimum atomic E-state index is -0.489. The maximum Gasteiger partial charge on any atom is 0.325 e. The van der Waals surface area contributed by atoms with Gasteiger partial charge in [0.15, 0.2) is 0 Å². The summed E-state index contributed by atoms with van der Waals surface area (Å²) in [6.45, 7) is 0.428. The third kappa shape index (κ3) is 3.34. The molecule has 3 rings (SSSR count). The molecule has 2 aromatic rings. The molecule has 24 heavy (non-hydrogen) atoms. The molecule has 0 spiro atoms. The zero-order chi connectivity index (χ0) is 17.1. The van der Waals surface area contributed by atoms with Crippen LogP contribution >= 0.6 is 0 Å². The van der Waals surface area contributed by atoms with E-state index in [1.54, 1.807) is 18.2 Å². The van der Waals surface area contributed by atoms with Crippen molar-refractivity contribution in [2.24, 2.45) is 0 Å². The second-order valence-corrected chi connectivity index (χ2v) is 5.37. The first-order chi connectivity index (χ1) is 11.5. The monoisotopic (exact) mass is 331 g/mol. The van der Waals surface area contributed by atoms with Crippen LogP contribution in [0.25, 0.3) is 0 Å². The summed E-state index contributed by atoms with van der Waals surface area (Å²) in [5, 5.41) is 2.53. The minimum absolute atomic E-state index is 0.180. The van der Waals surface area contributed by atoms with Crippen LogP contribution in [0.5, 0.6) is 0 Å². The molecule has 1 fully saturated rings. The van der Waals surface area contributed by atoms with Gasteiger partial charge in [0, 0.05) is 18.8 Å². The van der Waals surface area contributed by atoms with E-state index < -0.39 is 23.6 Å². The summed E-state index contributed by atoms with van der Waals surface area (Å²) in [4.78, 5) is 27.0. The molecule has 0 saturated carbocycles. The van der Waals surface area contributed by atoms with Crippen molar-refractivity contribution in [1.29, 1.82) is 0 Å². The molecule has 2 aromatic carbocycles. The zero-order valence-corrected chi connectivity index (χ0v) is 12.7. The van der Waals surface area contributed by atoms with Gasteiger partial charge in [0.05, 0.1) is 5.69 Å². The highest BCUT2D eigenvalue weighted by molar-refractivity contribution is 5.99. The number of nitrogens with zero attached hydrogens (tertiary/aromatic N) is 2. The van der Waals surface area contributed by atoms with Gasteiger partial charge in [0.25, 0.3) is 0 Å². The van der Waals surface area contributed by atoms with Crippen LogP contribution in [0.4, 0.5) is 25.0 Å². The number of urea groups is 1. The van der Waals surface area contributed by atoms with Gasteiger partial charge in [-0.15, -0.1) is 0 Å². The molecule has 1 aliphatic rings. The summed E-state index contributed by atoms with van der Waals surface area (Å²) in [5.74, 6) is -1.39. The first kappa shape index (κ1) is 15.9. The summed E-state index contributed by atoms with van der Waals surface area (Å²) in [6.07, 6.45) is 0. The van der Waals surface area contributed by atoms with Gasteiger partial charge in [-0.2, -0.15) is 0 Å². The average Bonchev–Trinajstić information content (AvgIpc) is 2.89. The lowest BCUT2D eigenvalue weighted by molar-refractivity contribution is -0.116. The molecule has 1 heterocycles. The SMILES string of the molecule is O=C(CN1CCN(c2ccccc2F)C1=O)Nc1cccc(F)c1. The molecule has 1 saturated heterocycles. The van der Waals surface area contributed by atoms with Crippen molar-refractivity contribution in [2.45, 2.75) is 0 Å². The number of carbonyl (C=O) groups excluding carboxylic acids is 2. The quantitative estimate of drug-likeness (QED) is 0.937. The molecule has 124 valence electrons. The molecule has 5 nitrogen and oxygen atoms in total. The number of hydrogen-bond donors (Lipinski definition) is 1. The topological polar surface area (TPSA) is 52.7 Å². The van der Waals surface area contributed by atoms with Gasteiger partial charge in [-0.1, -0.05) is 18.2 Å². The molecule has 0 aliphatic carbocycles. The molecule has 3 amide bonds. The van der Waals surface area contributed by atoms with Crippen LogP contribution in [0.2, 0.25) is 0 Å². The van der Waals surface area contributed by atoms with Crippen LogP contribution in [0, 0.1) is 11.6 Å². The third-order valence-corrected chi connectivity index (χ3v) is 3.68. The number of nitrogens with one attached hydrogen (secondary N) is 1. The fraction of sp³-hybridized carbons (Fsp3) is 0.176. The second-order valence-electron chi connectivity index (χ2n) is 5.37. The van der Waals surface area contributed by atoms with Crippen LogP contribution in [-0.2, 0) is 4.79 Å². The molecular weight excluding hydrogens is 316 g/mol. The number of para-hydroxylation sites is 1. The van der Waals surface area contributed by atoms with Crippen molar-refractivity contribution in [3.63, 3.8) is 0 Å². The Morgan fingerprint density at radius 3 is 2.62 bits per heavy atom. The van der Waals surface area contributed by atoms with Crippen LogP contribution in [0.3, 0.4) is 0 Å². The van der Waals surface area contributed by atoms with Gasteiger partial charge in [0.1, 0.15) is 18.2 Å². The first-order valence-corrected chi connectivity index (χ1v) is 7.41. The Morgan fingerprint density at radius 2 is 1.88 bits per heavy atom. The number of carbonyl (C=O) groups is 2. The number of anilines is 2. The molecule has 0 bridgehead atoms. The summed E-state index contributed by atoms with van der Waals surface area (Å²) in [5.41, 5.74) is 0.508. The minimum Gasteiger partial charge on any atom is -0.324 e. The second kappa shape index (κ2) is 6.66. The normalized spacial score (nSPS) is 14.2. The Morgan fingerprint density at radius 1 is 1.08 bits per heavy atom. The largest absolute Gasteiger partial charge is 0.325 e. The average molecular weight is 331 g/mol. The Bertz CT molecular complexity index is 782. The molecule has 0 radical (unpaired) electrons. The predicted octanol–water partition coefficient (Wildman–Crippen LogP) is 2.85. The van der Waals surface area contributed by atoms with Crippen LogP contribution in [0.15, 0.2) is 48.5 Å². The summed E-state index contributed by atoms with van der Waals surface area (Å²) in [6, 6.07) is 11.0. The lowest BCUT2D eigenvalue weighted by Gasteiger charge is -2.18. The van der Waals surface area contributed by atoms with E-state index in [2.05, 4.69) is 5.32 Å². The van der Waals surface area contributed by atoms with Gasteiger partial charge in [-0.25, -0.2) is 13.6 Å². The fourth-order valence-corrected chi connectivity index (χ4v) is 2.56. The number of halogens is 2. The van der Waals surface area contributed by atoms with Gasteiger partial charge in [-0.3, -0.25) is 9.69 Å². The van der Waals surface area contributed by atoms with E-state index in [0.717, 1.165) is 0 Å². The van der Waals surface area contributed by atoms with E-state index in [1.807, 2.05) is 0 Å². The van der Waals surface area contributed by atoms with Crippen molar-refractivity contribution in [3.8, 4) is 0 Å². The predicted molar refractivity (Wildman–Crippen MR) is 85.7 cm³/mol. The van der Waals surface area contributed by atoms with Gasteiger partial charge in [0.2, 0.25) is 5.91 Å². The molecule has 0 atom stereocenters. The molecule has 1 N–H and O–H groups in total. The Hall–Kier alpha value is -2.96. The van der Waals surface area contributed by atoms with Crippen molar-refractivity contribution in [3.05, 3.63) is 60.2 Å². The van der Waals surface area contributed by atoms with Crippen molar-refractivity contribution in [1.82, 2.24) is 4.90 Å². The molecular formula is C17H15F2N3O2. The fourth-order valence-electron chi connectivity index (χ4n) is 2.56.